The summed E-state index contributed by atoms with van der Waals surface area (Å²) in [4.78, 5) is 16.7. The molecule has 1 aromatic carbocycles. The Morgan fingerprint density at radius 1 is 1.17 bits per heavy atom. The van der Waals surface area contributed by atoms with E-state index in [-0.39, 0.29) is 5.91 Å². The van der Waals surface area contributed by atoms with E-state index in [9.17, 15) is 4.79 Å². The van der Waals surface area contributed by atoms with Gasteiger partial charge in [-0.05, 0) is 32.4 Å². The molecule has 0 atom stereocenters. The van der Waals surface area contributed by atoms with Gasteiger partial charge in [0.25, 0.3) is 0 Å². The summed E-state index contributed by atoms with van der Waals surface area (Å²) in [6.45, 7) is 8.12. The smallest absolute Gasteiger partial charge is 0.243 e. The van der Waals surface area contributed by atoms with Crippen LogP contribution in [0.4, 0.5) is 0 Å². The summed E-state index contributed by atoms with van der Waals surface area (Å²) in [6, 6.07) is 10.4. The Hall–Kier alpha value is -1.65. The van der Waals surface area contributed by atoms with Crippen molar-refractivity contribution in [3.63, 3.8) is 0 Å². The van der Waals surface area contributed by atoms with Gasteiger partial charge >= 0.3 is 0 Å². The largest absolute Gasteiger partial charge is 0.351 e. The Kier molecular flexibility index (Phi) is 7.30. The molecule has 0 saturated carbocycles. The summed E-state index contributed by atoms with van der Waals surface area (Å²) in [6.07, 6.45) is 3.65. The van der Waals surface area contributed by atoms with Crippen molar-refractivity contribution in [3.05, 3.63) is 47.5 Å². The average Bonchev–Trinajstić information content (AvgIpc) is 2.56. The topological polar surface area (TPSA) is 35.6 Å². The predicted molar refractivity (Wildman–Crippen MR) is 95.5 cm³/mol. The SMILES string of the molecule is C/C(=C\C(=O)NCCN1CCN(C)CC1)CCc1ccccc1. The van der Waals surface area contributed by atoms with Gasteiger partial charge in [-0.1, -0.05) is 35.9 Å². The lowest BCUT2D eigenvalue weighted by Gasteiger charge is -2.32. The molecule has 1 aliphatic rings. The van der Waals surface area contributed by atoms with Gasteiger partial charge in [0.1, 0.15) is 0 Å². The van der Waals surface area contributed by atoms with E-state index < -0.39 is 0 Å². The Morgan fingerprint density at radius 3 is 2.57 bits per heavy atom. The quantitative estimate of drug-likeness (QED) is 0.781. The monoisotopic (exact) mass is 315 g/mol. The fourth-order valence-corrected chi connectivity index (χ4v) is 2.74. The highest BCUT2D eigenvalue weighted by Crippen LogP contribution is 2.08. The lowest BCUT2D eigenvalue weighted by molar-refractivity contribution is -0.116. The van der Waals surface area contributed by atoms with Crippen LogP contribution in [0.25, 0.3) is 0 Å². The van der Waals surface area contributed by atoms with Crippen molar-refractivity contribution in [2.75, 3.05) is 46.3 Å². The Morgan fingerprint density at radius 2 is 1.87 bits per heavy atom. The molecule has 0 spiro atoms. The van der Waals surface area contributed by atoms with Crippen molar-refractivity contribution < 1.29 is 4.79 Å². The van der Waals surface area contributed by atoms with Crippen LogP contribution in [-0.4, -0.2) is 62.0 Å². The number of nitrogens with one attached hydrogen (secondary N) is 1. The molecular weight excluding hydrogens is 286 g/mol. The zero-order valence-electron chi connectivity index (χ0n) is 14.4. The second kappa shape index (κ2) is 9.48. The van der Waals surface area contributed by atoms with E-state index in [0.717, 1.165) is 57.7 Å². The number of allylic oxidation sites excluding steroid dienone is 1. The van der Waals surface area contributed by atoms with Gasteiger partial charge in [-0.2, -0.15) is 0 Å². The Bertz CT molecular complexity index is 505. The summed E-state index contributed by atoms with van der Waals surface area (Å²) in [7, 11) is 2.15. The molecule has 0 aliphatic carbocycles. The molecule has 4 heteroatoms. The van der Waals surface area contributed by atoms with E-state index in [1.807, 2.05) is 13.0 Å². The number of carbonyl (C=O) groups is 1. The van der Waals surface area contributed by atoms with Crippen LogP contribution in [0.3, 0.4) is 0 Å². The highest BCUT2D eigenvalue weighted by Gasteiger charge is 2.12. The zero-order valence-corrected chi connectivity index (χ0v) is 14.4. The van der Waals surface area contributed by atoms with E-state index in [1.165, 1.54) is 5.56 Å². The fraction of sp³-hybridized carbons (Fsp3) is 0.526. The van der Waals surface area contributed by atoms with Crippen LogP contribution in [0.2, 0.25) is 0 Å². The van der Waals surface area contributed by atoms with Gasteiger partial charge in [0.05, 0.1) is 0 Å². The molecule has 0 aromatic heterocycles. The van der Waals surface area contributed by atoms with Gasteiger partial charge in [0.2, 0.25) is 5.91 Å². The van der Waals surface area contributed by atoms with Crippen LogP contribution >= 0.6 is 0 Å². The van der Waals surface area contributed by atoms with Crippen LogP contribution in [0.1, 0.15) is 18.9 Å². The summed E-state index contributed by atoms with van der Waals surface area (Å²) in [5, 5.41) is 3.00. The number of carbonyl (C=O) groups excluding carboxylic acids is 1. The maximum Gasteiger partial charge on any atom is 0.243 e. The minimum Gasteiger partial charge on any atom is -0.351 e. The number of hydrogen-bond acceptors (Lipinski definition) is 3. The van der Waals surface area contributed by atoms with Crippen molar-refractivity contribution >= 4 is 5.91 Å². The van der Waals surface area contributed by atoms with E-state index in [2.05, 4.69) is 46.4 Å². The third kappa shape index (κ3) is 6.97. The molecule has 23 heavy (non-hydrogen) atoms. The van der Waals surface area contributed by atoms with Crippen molar-refractivity contribution in [1.29, 1.82) is 0 Å². The molecule has 0 unspecified atom stereocenters. The lowest BCUT2D eigenvalue weighted by atomic mass is 10.1. The molecule has 1 N–H and O–H groups in total. The molecule has 1 amide bonds. The molecule has 1 aliphatic heterocycles. The number of benzene rings is 1. The van der Waals surface area contributed by atoms with Crippen LogP contribution in [0.5, 0.6) is 0 Å². The number of aryl methyl sites for hydroxylation is 1. The number of piperazine rings is 1. The second-order valence-corrected chi connectivity index (χ2v) is 6.41. The highest BCUT2D eigenvalue weighted by atomic mass is 16.1. The first-order valence-corrected chi connectivity index (χ1v) is 8.53. The molecule has 2 rings (SSSR count). The minimum atomic E-state index is 0.0321. The summed E-state index contributed by atoms with van der Waals surface area (Å²) >= 11 is 0. The van der Waals surface area contributed by atoms with Crippen LogP contribution < -0.4 is 5.32 Å². The van der Waals surface area contributed by atoms with Crippen LogP contribution in [0, 0.1) is 0 Å². The van der Waals surface area contributed by atoms with E-state index in [4.69, 9.17) is 0 Å². The summed E-state index contributed by atoms with van der Waals surface area (Å²) in [5.41, 5.74) is 2.45. The highest BCUT2D eigenvalue weighted by molar-refractivity contribution is 5.88. The average molecular weight is 315 g/mol. The standard InChI is InChI=1S/C19H29N3O/c1-17(8-9-18-6-4-3-5-7-18)16-19(23)20-10-11-22-14-12-21(2)13-15-22/h3-7,16H,8-15H2,1-2H3,(H,20,23)/b17-16+. The number of amides is 1. The van der Waals surface area contributed by atoms with Gasteiger partial charge in [0.15, 0.2) is 0 Å². The lowest BCUT2D eigenvalue weighted by Crippen LogP contribution is -2.46. The van der Waals surface area contributed by atoms with Crippen LogP contribution in [0.15, 0.2) is 42.0 Å². The van der Waals surface area contributed by atoms with E-state index in [0.29, 0.717) is 0 Å². The number of rotatable bonds is 7. The Labute approximate surface area is 140 Å². The minimum absolute atomic E-state index is 0.0321. The van der Waals surface area contributed by atoms with E-state index >= 15 is 0 Å². The molecule has 1 heterocycles. The maximum absolute atomic E-state index is 11.9. The normalized spacial score (nSPS) is 17.2. The first-order chi connectivity index (χ1) is 11.1. The van der Waals surface area contributed by atoms with Crippen molar-refractivity contribution in [1.82, 2.24) is 15.1 Å². The first-order valence-electron chi connectivity index (χ1n) is 8.53. The van der Waals surface area contributed by atoms with Crippen molar-refractivity contribution in [2.24, 2.45) is 0 Å². The maximum atomic E-state index is 11.9. The van der Waals surface area contributed by atoms with Gasteiger partial charge in [-0.15, -0.1) is 0 Å². The number of nitrogens with zero attached hydrogens (tertiary/aromatic N) is 2. The molecular formula is C19H29N3O. The third-order valence-electron chi connectivity index (χ3n) is 4.35. The summed E-state index contributed by atoms with van der Waals surface area (Å²) < 4.78 is 0. The van der Waals surface area contributed by atoms with E-state index in [1.54, 1.807) is 6.08 Å². The summed E-state index contributed by atoms with van der Waals surface area (Å²) in [5.74, 6) is 0.0321. The predicted octanol–water partition coefficient (Wildman–Crippen LogP) is 1.93. The molecule has 1 aromatic rings. The molecule has 4 nitrogen and oxygen atoms in total. The first kappa shape index (κ1) is 17.7. The Balaban J connectivity index is 1.63. The zero-order chi connectivity index (χ0) is 16.5. The molecule has 1 fully saturated rings. The van der Waals surface area contributed by atoms with Crippen molar-refractivity contribution in [2.45, 2.75) is 19.8 Å². The molecule has 0 radical (unpaired) electrons. The second-order valence-electron chi connectivity index (χ2n) is 6.41. The fourth-order valence-electron chi connectivity index (χ4n) is 2.74. The number of hydrogen-bond donors (Lipinski definition) is 1. The van der Waals surface area contributed by atoms with Gasteiger partial charge in [-0.25, -0.2) is 0 Å². The van der Waals surface area contributed by atoms with Gasteiger partial charge in [-0.3, -0.25) is 9.69 Å². The van der Waals surface area contributed by atoms with Gasteiger partial charge < -0.3 is 10.2 Å². The van der Waals surface area contributed by atoms with Crippen LogP contribution in [-0.2, 0) is 11.2 Å². The van der Waals surface area contributed by atoms with Crippen molar-refractivity contribution in [3.8, 4) is 0 Å². The molecule has 1 saturated heterocycles. The molecule has 126 valence electrons. The third-order valence-corrected chi connectivity index (χ3v) is 4.35. The molecule has 0 bridgehead atoms. The van der Waals surface area contributed by atoms with Gasteiger partial charge in [0, 0.05) is 45.3 Å². The number of likely N-dealkylation sites (N-methyl/N-ethyl adjacent to an activating group) is 1.